The third-order valence-electron chi connectivity index (χ3n) is 3.91. The first-order chi connectivity index (χ1) is 8.85. The molecule has 1 unspecified atom stereocenters. The van der Waals surface area contributed by atoms with Gasteiger partial charge in [-0.25, -0.2) is 0 Å². The van der Waals surface area contributed by atoms with Crippen molar-refractivity contribution in [3.05, 3.63) is 29.8 Å². The van der Waals surface area contributed by atoms with Crippen molar-refractivity contribution in [2.75, 3.05) is 24.5 Å². The van der Waals surface area contributed by atoms with Crippen molar-refractivity contribution in [1.82, 2.24) is 5.32 Å². The Morgan fingerprint density at radius 1 is 1.22 bits per heavy atom. The number of aryl methyl sites for hydroxylation is 1. The highest BCUT2D eigenvalue weighted by atomic mass is 15.2. The summed E-state index contributed by atoms with van der Waals surface area (Å²) in [5, 5.41) is 3.48. The van der Waals surface area contributed by atoms with Gasteiger partial charge in [-0.05, 0) is 37.0 Å². The van der Waals surface area contributed by atoms with Gasteiger partial charge in [-0.15, -0.1) is 0 Å². The summed E-state index contributed by atoms with van der Waals surface area (Å²) in [6.07, 6.45) is 5.00. The molecule has 2 heteroatoms. The van der Waals surface area contributed by atoms with Crippen molar-refractivity contribution in [3.8, 4) is 0 Å². The van der Waals surface area contributed by atoms with Crippen LogP contribution in [0.2, 0.25) is 0 Å². The van der Waals surface area contributed by atoms with E-state index in [4.69, 9.17) is 0 Å². The smallest absolute Gasteiger partial charge is 0.0412 e. The summed E-state index contributed by atoms with van der Waals surface area (Å²) in [6.45, 7) is 7.89. The second-order valence-electron chi connectivity index (χ2n) is 5.23. The van der Waals surface area contributed by atoms with Gasteiger partial charge >= 0.3 is 0 Å². The van der Waals surface area contributed by atoms with E-state index in [1.54, 1.807) is 0 Å². The molecule has 0 bridgehead atoms. The van der Waals surface area contributed by atoms with E-state index in [2.05, 4.69) is 48.3 Å². The number of piperazine rings is 1. The molecule has 1 aliphatic heterocycles. The summed E-state index contributed by atoms with van der Waals surface area (Å²) in [4.78, 5) is 2.56. The van der Waals surface area contributed by atoms with Gasteiger partial charge in [0.25, 0.3) is 0 Å². The number of rotatable bonds is 5. The first-order valence-corrected chi connectivity index (χ1v) is 7.41. The fourth-order valence-electron chi connectivity index (χ4n) is 2.70. The Bertz CT molecular complexity index is 345. The highest BCUT2D eigenvalue weighted by Gasteiger charge is 2.20. The number of unbranched alkanes of at least 4 members (excludes halogenated alkanes) is 1. The lowest BCUT2D eigenvalue weighted by atomic mass is 10.1. The van der Waals surface area contributed by atoms with Gasteiger partial charge < -0.3 is 10.2 Å². The van der Waals surface area contributed by atoms with E-state index in [1.807, 2.05) is 0 Å². The molecule has 0 spiro atoms. The molecule has 1 aliphatic rings. The Hall–Kier alpha value is -1.02. The topological polar surface area (TPSA) is 15.3 Å². The van der Waals surface area contributed by atoms with Gasteiger partial charge in [0.2, 0.25) is 0 Å². The maximum atomic E-state index is 3.48. The van der Waals surface area contributed by atoms with E-state index in [0.717, 1.165) is 19.6 Å². The molecule has 2 nitrogen and oxygen atoms in total. The van der Waals surface area contributed by atoms with Crippen LogP contribution in [0.1, 0.15) is 38.7 Å². The van der Waals surface area contributed by atoms with Crippen molar-refractivity contribution in [2.45, 2.75) is 45.6 Å². The second kappa shape index (κ2) is 6.79. The molecule has 0 amide bonds. The van der Waals surface area contributed by atoms with Crippen LogP contribution in [0.3, 0.4) is 0 Å². The van der Waals surface area contributed by atoms with Gasteiger partial charge in [-0.1, -0.05) is 32.4 Å². The summed E-state index contributed by atoms with van der Waals surface area (Å²) in [7, 11) is 0. The summed E-state index contributed by atoms with van der Waals surface area (Å²) in [6, 6.07) is 9.87. The Kier molecular flexibility index (Phi) is 5.06. The van der Waals surface area contributed by atoms with Crippen LogP contribution < -0.4 is 10.2 Å². The summed E-state index contributed by atoms with van der Waals surface area (Å²) in [5.41, 5.74) is 2.87. The second-order valence-corrected chi connectivity index (χ2v) is 5.23. The SMILES string of the molecule is CCCCc1ccc(N2CCNCC2CC)cc1. The Morgan fingerprint density at radius 2 is 2.00 bits per heavy atom. The van der Waals surface area contributed by atoms with Crippen LogP contribution >= 0.6 is 0 Å². The van der Waals surface area contributed by atoms with Crippen molar-refractivity contribution in [3.63, 3.8) is 0 Å². The Labute approximate surface area is 111 Å². The van der Waals surface area contributed by atoms with Gasteiger partial charge in [-0.3, -0.25) is 0 Å². The first kappa shape index (κ1) is 13.4. The molecule has 1 heterocycles. The minimum absolute atomic E-state index is 0.653. The lowest BCUT2D eigenvalue weighted by Crippen LogP contribution is -2.51. The number of nitrogens with one attached hydrogen (secondary N) is 1. The van der Waals surface area contributed by atoms with Gasteiger partial charge in [0.15, 0.2) is 0 Å². The zero-order valence-electron chi connectivity index (χ0n) is 11.8. The highest BCUT2D eigenvalue weighted by molar-refractivity contribution is 5.49. The molecule has 0 saturated carbocycles. The van der Waals surface area contributed by atoms with E-state index in [9.17, 15) is 0 Å². The van der Waals surface area contributed by atoms with Crippen LogP contribution in [0.5, 0.6) is 0 Å². The van der Waals surface area contributed by atoms with Crippen molar-refractivity contribution < 1.29 is 0 Å². The maximum Gasteiger partial charge on any atom is 0.0412 e. The Balaban J connectivity index is 2.03. The van der Waals surface area contributed by atoms with Crippen molar-refractivity contribution in [2.24, 2.45) is 0 Å². The lowest BCUT2D eigenvalue weighted by molar-refractivity contribution is 0.466. The quantitative estimate of drug-likeness (QED) is 0.858. The fraction of sp³-hybridized carbons (Fsp3) is 0.625. The van der Waals surface area contributed by atoms with E-state index in [0.29, 0.717) is 6.04 Å². The molecule has 0 aliphatic carbocycles. The summed E-state index contributed by atoms with van der Waals surface area (Å²) >= 11 is 0. The molecule has 1 N–H and O–H groups in total. The molecule has 1 fully saturated rings. The largest absolute Gasteiger partial charge is 0.366 e. The molecule has 1 saturated heterocycles. The summed E-state index contributed by atoms with van der Waals surface area (Å²) in [5.74, 6) is 0. The number of anilines is 1. The number of nitrogens with zero attached hydrogens (tertiary/aromatic N) is 1. The van der Waals surface area contributed by atoms with E-state index in [1.165, 1.54) is 36.9 Å². The van der Waals surface area contributed by atoms with Crippen LogP contribution in [-0.2, 0) is 6.42 Å². The molecule has 0 aromatic heterocycles. The average molecular weight is 246 g/mol. The molecule has 1 aromatic carbocycles. The molecule has 18 heavy (non-hydrogen) atoms. The minimum Gasteiger partial charge on any atom is -0.366 e. The monoisotopic (exact) mass is 246 g/mol. The average Bonchev–Trinajstić information content (AvgIpc) is 2.45. The molecular formula is C16H26N2. The predicted molar refractivity (Wildman–Crippen MR) is 79.3 cm³/mol. The standard InChI is InChI=1S/C16H26N2/c1-3-5-6-14-7-9-16(10-8-14)18-12-11-17-13-15(18)4-2/h7-10,15,17H,3-6,11-13H2,1-2H3. The van der Waals surface area contributed by atoms with E-state index >= 15 is 0 Å². The highest BCUT2D eigenvalue weighted by Crippen LogP contribution is 2.21. The number of hydrogen-bond donors (Lipinski definition) is 1. The number of benzene rings is 1. The van der Waals surface area contributed by atoms with E-state index in [-0.39, 0.29) is 0 Å². The molecule has 2 rings (SSSR count). The van der Waals surface area contributed by atoms with Crippen LogP contribution in [-0.4, -0.2) is 25.7 Å². The van der Waals surface area contributed by atoms with Gasteiger partial charge in [0.1, 0.15) is 0 Å². The van der Waals surface area contributed by atoms with Gasteiger partial charge in [0, 0.05) is 31.4 Å². The normalized spacial score (nSPS) is 20.1. The minimum atomic E-state index is 0.653. The number of hydrogen-bond acceptors (Lipinski definition) is 2. The van der Waals surface area contributed by atoms with Crippen molar-refractivity contribution >= 4 is 5.69 Å². The summed E-state index contributed by atoms with van der Waals surface area (Å²) < 4.78 is 0. The molecule has 1 atom stereocenters. The van der Waals surface area contributed by atoms with Crippen molar-refractivity contribution in [1.29, 1.82) is 0 Å². The molecular weight excluding hydrogens is 220 g/mol. The zero-order valence-corrected chi connectivity index (χ0v) is 11.8. The zero-order chi connectivity index (χ0) is 12.8. The van der Waals surface area contributed by atoms with Gasteiger partial charge in [0.05, 0.1) is 0 Å². The van der Waals surface area contributed by atoms with Crippen LogP contribution in [0, 0.1) is 0 Å². The van der Waals surface area contributed by atoms with Crippen LogP contribution in [0.4, 0.5) is 5.69 Å². The Morgan fingerprint density at radius 3 is 2.67 bits per heavy atom. The fourth-order valence-corrected chi connectivity index (χ4v) is 2.70. The van der Waals surface area contributed by atoms with E-state index < -0.39 is 0 Å². The predicted octanol–water partition coefficient (Wildman–Crippen LogP) is 3.22. The molecule has 0 radical (unpaired) electrons. The lowest BCUT2D eigenvalue weighted by Gasteiger charge is -2.37. The molecule has 100 valence electrons. The van der Waals surface area contributed by atoms with Crippen LogP contribution in [0.15, 0.2) is 24.3 Å². The van der Waals surface area contributed by atoms with Gasteiger partial charge in [-0.2, -0.15) is 0 Å². The van der Waals surface area contributed by atoms with Crippen LogP contribution in [0.25, 0.3) is 0 Å². The maximum absolute atomic E-state index is 3.48. The first-order valence-electron chi connectivity index (χ1n) is 7.41. The third-order valence-corrected chi connectivity index (χ3v) is 3.91. The third kappa shape index (κ3) is 3.26. The molecule has 1 aromatic rings.